The zero-order chi connectivity index (χ0) is 21.1. The zero-order valence-corrected chi connectivity index (χ0v) is 16.8. The first kappa shape index (κ1) is 19.3. The van der Waals surface area contributed by atoms with Crippen molar-refractivity contribution in [2.24, 2.45) is 0 Å². The lowest BCUT2D eigenvalue weighted by atomic mass is 10.0. The summed E-state index contributed by atoms with van der Waals surface area (Å²) >= 11 is 0. The molecule has 0 saturated carbocycles. The van der Waals surface area contributed by atoms with Crippen LogP contribution < -0.4 is 9.64 Å². The maximum Gasteiger partial charge on any atom is 0.253 e. The summed E-state index contributed by atoms with van der Waals surface area (Å²) in [4.78, 5) is 24.4. The number of benzene rings is 2. The molecule has 0 spiro atoms. The van der Waals surface area contributed by atoms with E-state index in [0.29, 0.717) is 34.3 Å². The number of carbonyl (C=O) groups is 1. The Labute approximate surface area is 173 Å². The summed E-state index contributed by atoms with van der Waals surface area (Å²) < 4.78 is 16.9. The number of hydrogen-bond acceptors (Lipinski definition) is 7. The van der Waals surface area contributed by atoms with E-state index in [2.05, 4.69) is 9.97 Å². The topological polar surface area (TPSA) is 84.8 Å². The first-order valence-corrected chi connectivity index (χ1v) is 9.17. The smallest absolute Gasteiger partial charge is 0.253 e. The van der Waals surface area contributed by atoms with Crippen LogP contribution in [0.4, 0.5) is 17.3 Å². The van der Waals surface area contributed by atoms with Crippen molar-refractivity contribution in [1.82, 2.24) is 14.9 Å². The van der Waals surface area contributed by atoms with E-state index in [-0.39, 0.29) is 5.91 Å². The van der Waals surface area contributed by atoms with Gasteiger partial charge in [0, 0.05) is 25.3 Å². The summed E-state index contributed by atoms with van der Waals surface area (Å²) in [5.74, 6) is 1.10. The molecule has 0 aliphatic rings. The van der Waals surface area contributed by atoms with Crippen LogP contribution in [0.1, 0.15) is 10.4 Å². The van der Waals surface area contributed by atoms with Gasteiger partial charge in [0.05, 0.1) is 25.1 Å². The summed E-state index contributed by atoms with van der Waals surface area (Å²) in [6.07, 6.45) is 5.98. The number of aromatic nitrogens is 2. The van der Waals surface area contributed by atoms with E-state index in [0.717, 1.165) is 5.69 Å². The quantitative estimate of drug-likeness (QED) is 0.467. The molecule has 4 aromatic rings. The van der Waals surface area contributed by atoms with Gasteiger partial charge < -0.3 is 18.5 Å². The van der Waals surface area contributed by atoms with Crippen LogP contribution in [-0.2, 0) is 0 Å². The lowest BCUT2D eigenvalue weighted by Crippen LogP contribution is -2.22. The molecule has 8 heteroatoms. The lowest BCUT2D eigenvalue weighted by Gasteiger charge is -2.26. The van der Waals surface area contributed by atoms with Crippen LogP contribution >= 0.6 is 0 Å². The predicted octanol–water partition coefficient (Wildman–Crippen LogP) is 4.51. The highest BCUT2D eigenvalue weighted by Gasteiger charge is 2.27. The third-order valence-corrected chi connectivity index (χ3v) is 4.49. The Morgan fingerprint density at radius 1 is 1.10 bits per heavy atom. The Morgan fingerprint density at radius 3 is 2.50 bits per heavy atom. The lowest BCUT2D eigenvalue weighted by molar-refractivity contribution is 0.0827. The Hall–Kier alpha value is -4.07. The Kier molecular flexibility index (Phi) is 5.21. The van der Waals surface area contributed by atoms with Crippen molar-refractivity contribution in [2.75, 3.05) is 26.1 Å². The molecule has 0 atom stereocenters. The SMILES string of the molecule is COc1cc(C(=O)N(C)C)cc(-c2ncco2)c1N(c1ccccc1)c1cnco1. The summed E-state index contributed by atoms with van der Waals surface area (Å²) in [5, 5.41) is 0. The molecule has 0 bridgehead atoms. The van der Waals surface area contributed by atoms with Gasteiger partial charge in [0.2, 0.25) is 11.8 Å². The highest BCUT2D eigenvalue weighted by atomic mass is 16.5. The molecule has 0 unspecified atom stereocenters. The molecule has 0 aliphatic heterocycles. The van der Waals surface area contributed by atoms with E-state index in [4.69, 9.17) is 13.6 Å². The fraction of sp³-hybridized carbons (Fsp3) is 0.136. The summed E-state index contributed by atoms with van der Waals surface area (Å²) in [6, 6.07) is 13.0. The van der Waals surface area contributed by atoms with Gasteiger partial charge in [0.1, 0.15) is 17.7 Å². The number of para-hydroxylation sites is 1. The number of hydrogen-bond donors (Lipinski definition) is 0. The number of nitrogens with zero attached hydrogens (tertiary/aromatic N) is 4. The molecule has 0 N–H and O–H groups in total. The molecule has 152 valence electrons. The van der Waals surface area contributed by atoms with Crippen molar-refractivity contribution in [3.63, 3.8) is 0 Å². The van der Waals surface area contributed by atoms with Crippen LogP contribution in [0.5, 0.6) is 5.75 Å². The number of rotatable bonds is 6. The van der Waals surface area contributed by atoms with Crippen LogP contribution in [0.2, 0.25) is 0 Å². The maximum absolute atomic E-state index is 12.7. The van der Waals surface area contributed by atoms with Gasteiger partial charge in [-0.3, -0.25) is 9.69 Å². The normalized spacial score (nSPS) is 10.6. The first-order chi connectivity index (χ1) is 14.6. The molecule has 2 heterocycles. The van der Waals surface area contributed by atoms with Crippen molar-refractivity contribution in [3.05, 3.63) is 73.1 Å². The first-order valence-electron chi connectivity index (χ1n) is 9.17. The average Bonchev–Trinajstić information content (AvgIpc) is 3.48. The van der Waals surface area contributed by atoms with Gasteiger partial charge in [0.25, 0.3) is 5.91 Å². The number of ether oxygens (including phenoxy) is 1. The maximum atomic E-state index is 12.7. The van der Waals surface area contributed by atoms with E-state index in [1.165, 1.54) is 17.6 Å². The summed E-state index contributed by atoms with van der Waals surface area (Å²) in [5.41, 5.74) is 2.44. The zero-order valence-electron chi connectivity index (χ0n) is 16.8. The monoisotopic (exact) mass is 404 g/mol. The van der Waals surface area contributed by atoms with Crippen LogP contribution in [0.3, 0.4) is 0 Å². The van der Waals surface area contributed by atoms with Crippen molar-refractivity contribution in [2.45, 2.75) is 0 Å². The van der Waals surface area contributed by atoms with Crippen LogP contribution in [0, 0.1) is 0 Å². The molecular weight excluding hydrogens is 384 g/mol. The molecule has 2 aromatic carbocycles. The van der Waals surface area contributed by atoms with Gasteiger partial charge in [-0.1, -0.05) is 18.2 Å². The van der Waals surface area contributed by atoms with E-state index >= 15 is 0 Å². The van der Waals surface area contributed by atoms with Gasteiger partial charge in [-0.15, -0.1) is 0 Å². The molecule has 30 heavy (non-hydrogen) atoms. The van der Waals surface area contributed by atoms with Crippen LogP contribution in [0.25, 0.3) is 11.5 Å². The fourth-order valence-electron chi connectivity index (χ4n) is 3.16. The molecule has 0 radical (unpaired) electrons. The molecule has 8 nitrogen and oxygen atoms in total. The van der Waals surface area contributed by atoms with Gasteiger partial charge in [0.15, 0.2) is 6.39 Å². The minimum absolute atomic E-state index is 0.168. The minimum Gasteiger partial charge on any atom is -0.495 e. The largest absolute Gasteiger partial charge is 0.495 e. The van der Waals surface area contributed by atoms with Gasteiger partial charge in [-0.05, 0) is 24.3 Å². The predicted molar refractivity (Wildman–Crippen MR) is 111 cm³/mol. The number of methoxy groups -OCH3 is 1. The number of carbonyl (C=O) groups excluding carboxylic acids is 1. The highest BCUT2D eigenvalue weighted by molar-refractivity contribution is 5.99. The molecule has 0 saturated heterocycles. The van der Waals surface area contributed by atoms with Crippen LogP contribution in [-0.4, -0.2) is 42.0 Å². The fourth-order valence-corrected chi connectivity index (χ4v) is 3.16. The summed E-state index contributed by atoms with van der Waals surface area (Å²) in [6.45, 7) is 0. The second kappa shape index (κ2) is 8.12. The van der Waals surface area contributed by atoms with Crippen molar-refractivity contribution >= 4 is 23.2 Å². The second-order valence-electron chi connectivity index (χ2n) is 6.62. The van der Waals surface area contributed by atoms with Gasteiger partial charge in [-0.25, -0.2) is 9.97 Å². The Bertz CT molecular complexity index is 1120. The number of amides is 1. The Balaban J connectivity index is 2.02. The van der Waals surface area contributed by atoms with E-state index in [1.54, 1.807) is 45.7 Å². The molecule has 0 aliphatic carbocycles. The minimum atomic E-state index is -0.168. The Morgan fingerprint density at radius 2 is 1.90 bits per heavy atom. The molecule has 0 fully saturated rings. The molecular formula is C22H20N4O4. The van der Waals surface area contributed by atoms with Crippen molar-refractivity contribution < 1.29 is 18.4 Å². The van der Waals surface area contributed by atoms with Crippen LogP contribution in [0.15, 0.2) is 76.3 Å². The molecule has 4 rings (SSSR count). The number of oxazole rings is 2. The van der Waals surface area contributed by atoms with Crippen molar-refractivity contribution in [1.29, 1.82) is 0 Å². The summed E-state index contributed by atoms with van der Waals surface area (Å²) in [7, 11) is 4.93. The highest BCUT2D eigenvalue weighted by Crippen LogP contribution is 2.46. The van der Waals surface area contributed by atoms with Gasteiger partial charge in [-0.2, -0.15) is 0 Å². The molecule has 1 amide bonds. The van der Waals surface area contributed by atoms with E-state index < -0.39 is 0 Å². The van der Waals surface area contributed by atoms with Gasteiger partial charge >= 0.3 is 0 Å². The third-order valence-electron chi connectivity index (χ3n) is 4.49. The average molecular weight is 404 g/mol. The number of anilines is 3. The second-order valence-corrected chi connectivity index (χ2v) is 6.62. The molecule has 2 aromatic heterocycles. The van der Waals surface area contributed by atoms with E-state index in [1.807, 2.05) is 35.2 Å². The third kappa shape index (κ3) is 3.50. The standard InChI is InChI=1S/C22H20N4O4/c1-25(2)22(27)15-11-17(21-24-9-10-29-21)20(18(12-15)28-3)26(19-13-23-14-30-19)16-7-5-4-6-8-16/h4-14H,1-3H3. The van der Waals surface area contributed by atoms with Crippen molar-refractivity contribution in [3.8, 4) is 17.2 Å². The van der Waals surface area contributed by atoms with E-state index in [9.17, 15) is 4.79 Å².